The van der Waals surface area contributed by atoms with E-state index in [1.165, 1.54) is 92.6 Å². The molecular weight excluding hydrogens is 653 g/mol. The standard InChI is InChI=1S/C53H42O/c1-3-4-13-38-31(2)49(45-19-11-18-43-40-15-9-10-20-48(40)54-52(43)45)41-16-7-8-17-42(41)50(38)35-21-23-44-47(30-35)53(36-26-32-25-33(28-36)29-37(53)27-32)46-24-22-34-12-5-6-14-39(34)51(44)46/h3-24,30,32-33,36-37H,1,25-29H2,2H3/b13-4-. The predicted octanol–water partition coefficient (Wildman–Crippen LogP) is 14.5. The summed E-state index contributed by atoms with van der Waals surface area (Å²) in [6.07, 6.45) is 13.3. The lowest BCUT2D eigenvalue weighted by Crippen LogP contribution is -2.55. The summed E-state index contributed by atoms with van der Waals surface area (Å²) in [5.41, 5.74) is 15.6. The van der Waals surface area contributed by atoms with Gasteiger partial charge in [-0.25, -0.2) is 0 Å². The van der Waals surface area contributed by atoms with Crippen molar-refractivity contribution in [3.63, 3.8) is 0 Å². The molecule has 4 saturated carbocycles. The molecule has 0 unspecified atom stereocenters. The summed E-state index contributed by atoms with van der Waals surface area (Å²) < 4.78 is 6.67. The molecule has 0 aliphatic heterocycles. The molecule has 0 radical (unpaired) electrons. The highest BCUT2D eigenvalue weighted by Gasteiger charge is 2.61. The maximum absolute atomic E-state index is 6.67. The van der Waals surface area contributed by atoms with Crippen LogP contribution in [0.4, 0.5) is 0 Å². The van der Waals surface area contributed by atoms with Gasteiger partial charge in [-0.3, -0.25) is 0 Å². The number of allylic oxidation sites excluding steroid dienone is 2. The number of hydrogen-bond acceptors (Lipinski definition) is 1. The summed E-state index contributed by atoms with van der Waals surface area (Å²) in [4.78, 5) is 0. The minimum atomic E-state index is 0.0803. The van der Waals surface area contributed by atoms with Crippen LogP contribution in [0.3, 0.4) is 0 Å². The molecular formula is C53H42O. The normalized spacial score (nSPS) is 23.7. The zero-order chi connectivity index (χ0) is 35.7. The SMILES string of the molecule is C=C/C=C\c1c(C)c(-c2cccc3c2oc2ccccc23)c2ccccc2c1-c1ccc2c(c1)C1(c3ccc4ccccc4c3-2)C2CC3CC(C2)CC1C3. The summed E-state index contributed by atoms with van der Waals surface area (Å²) in [5.74, 6) is 3.21. The van der Waals surface area contributed by atoms with Crippen molar-refractivity contribution in [2.75, 3.05) is 0 Å². The number of fused-ring (bicyclic) bond motifs is 9. The second kappa shape index (κ2) is 11.2. The number of benzene rings is 7. The molecule has 4 fully saturated rings. The van der Waals surface area contributed by atoms with Crippen LogP contribution in [0.15, 0.2) is 144 Å². The lowest BCUT2D eigenvalue weighted by Gasteiger charge is -2.61. The van der Waals surface area contributed by atoms with Crippen molar-refractivity contribution < 1.29 is 4.42 Å². The van der Waals surface area contributed by atoms with Crippen molar-refractivity contribution in [3.05, 3.63) is 162 Å². The van der Waals surface area contributed by atoms with Gasteiger partial charge < -0.3 is 4.42 Å². The zero-order valence-electron chi connectivity index (χ0n) is 30.7. The van der Waals surface area contributed by atoms with Crippen molar-refractivity contribution in [3.8, 4) is 33.4 Å². The highest BCUT2D eigenvalue weighted by atomic mass is 16.3. The van der Waals surface area contributed by atoms with Gasteiger partial charge in [-0.2, -0.15) is 0 Å². The second-order valence-electron chi connectivity index (χ2n) is 16.9. The van der Waals surface area contributed by atoms with E-state index in [2.05, 4.69) is 147 Å². The fourth-order valence-corrected chi connectivity index (χ4v) is 12.7. The number of rotatable bonds is 4. The average molecular weight is 695 g/mol. The Labute approximate surface area is 316 Å². The van der Waals surface area contributed by atoms with E-state index in [4.69, 9.17) is 4.42 Å². The Balaban J connectivity index is 1.15. The van der Waals surface area contributed by atoms with Gasteiger partial charge in [0, 0.05) is 21.8 Å². The minimum Gasteiger partial charge on any atom is -0.455 e. The lowest BCUT2D eigenvalue weighted by atomic mass is 9.43. The van der Waals surface area contributed by atoms with E-state index >= 15 is 0 Å². The Morgan fingerprint density at radius 2 is 1.28 bits per heavy atom. The smallest absolute Gasteiger partial charge is 0.143 e. The van der Waals surface area contributed by atoms with E-state index in [1.54, 1.807) is 11.1 Å². The molecule has 4 bridgehead atoms. The summed E-state index contributed by atoms with van der Waals surface area (Å²) in [5, 5.41) is 7.61. The summed E-state index contributed by atoms with van der Waals surface area (Å²) in [7, 11) is 0. The number of furan rings is 1. The third-order valence-corrected chi connectivity index (χ3v) is 14.4. The lowest BCUT2D eigenvalue weighted by molar-refractivity contribution is -0.0399. The zero-order valence-corrected chi connectivity index (χ0v) is 30.7. The summed E-state index contributed by atoms with van der Waals surface area (Å²) in [6.45, 7) is 6.42. The first-order valence-electron chi connectivity index (χ1n) is 20.1. The highest BCUT2D eigenvalue weighted by molar-refractivity contribution is 6.16. The van der Waals surface area contributed by atoms with E-state index in [0.29, 0.717) is 11.8 Å². The average Bonchev–Trinajstić information content (AvgIpc) is 3.73. The molecule has 1 spiro atoms. The van der Waals surface area contributed by atoms with Crippen molar-refractivity contribution in [1.82, 2.24) is 0 Å². The molecule has 54 heavy (non-hydrogen) atoms. The third kappa shape index (κ3) is 3.95. The Bertz CT molecular complexity index is 2900. The van der Waals surface area contributed by atoms with Crippen LogP contribution >= 0.6 is 0 Å². The van der Waals surface area contributed by atoms with Gasteiger partial charge in [-0.05, 0) is 146 Å². The molecule has 0 atom stereocenters. The van der Waals surface area contributed by atoms with Gasteiger partial charge in [0.05, 0.1) is 0 Å². The quantitative estimate of drug-likeness (QED) is 0.167. The van der Waals surface area contributed by atoms with Crippen LogP contribution in [-0.4, -0.2) is 0 Å². The fourth-order valence-electron chi connectivity index (χ4n) is 12.7. The molecule has 1 heteroatoms. The number of para-hydroxylation sites is 2. The Hall–Kier alpha value is -5.66. The van der Waals surface area contributed by atoms with E-state index in [0.717, 1.165) is 39.3 Å². The molecule has 7 aromatic carbocycles. The van der Waals surface area contributed by atoms with Gasteiger partial charge >= 0.3 is 0 Å². The Morgan fingerprint density at radius 1 is 0.593 bits per heavy atom. The van der Waals surface area contributed by atoms with Gasteiger partial charge in [0.1, 0.15) is 11.2 Å². The van der Waals surface area contributed by atoms with Crippen LogP contribution in [0.25, 0.3) is 82.9 Å². The van der Waals surface area contributed by atoms with Crippen molar-refractivity contribution in [2.24, 2.45) is 23.7 Å². The van der Waals surface area contributed by atoms with E-state index in [1.807, 2.05) is 6.08 Å². The van der Waals surface area contributed by atoms with Crippen LogP contribution in [0.5, 0.6) is 0 Å². The summed E-state index contributed by atoms with van der Waals surface area (Å²) in [6, 6.07) is 45.8. The maximum Gasteiger partial charge on any atom is 0.143 e. The van der Waals surface area contributed by atoms with E-state index in [9.17, 15) is 0 Å². The van der Waals surface area contributed by atoms with Crippen LogP contribution in [0, 0.1) is 30.6 Å². The van der Waals surface area contributed by atoms with Gasteiger partial charge in [-0.15, -0.1) is 0 Å². The molecule has 1 heterocycles. The fraction of sp³-hybridized carbons (Fsp3) is 0.208. The predicted molar refractivity (Wildman–Crippen MR) is 227 cm³/mol. The van der Waals surface area contributed by atoms with E-state index < -0.39 is 0 Å². The Kier molecular flexibility index (Phi) is 6.37. The van der Waals surface area contributed by atoms with Crippen molar-refractivity contribution in [2.45, 2.75) is 44.4 Å². The van der Waals surface area contributed by atoms with Gasteiger partial charge in [0.25, 0.3) is 0 Å². The summed E-state index contributed by atoms with van der Waals surface area (Å²) >= 11 is 0. The molecule has 1 nitrogen and oxygen atoms in total. The van der Waals surface area contributed by atoms with Crippen LogP contribution in [0.2, 0.25) is 0 Å². The molecule has 260 valence electrons. The topological polar surface area (TPSA) is 13.1 Å². The van der Waals surface area contributed by atoms with Gasteiger partial charge in [-0.1, -0.05) is 134 Å². The monoisotopic (exact) mass is 694 g/mol. The molecule has 5 aliphatic carbocycles. The van der Waals surface area contributed by atoms with Crippen LogP contribution in [-0.2, 0) is 5.41 Å². The molecule has 0 amide bonds. The highest BCUT2D eigenvalue weighted by Crippen LogP contribution is 2.70. The first-order valence-corrected chi connectivity index (χ1v) is 20.1. The van der Waals surface area contributed by atoms with Gasteiger partial charge in [0.15, 0.2) is 0 Å². The molecule has 5 aliphatic rings. The largest absolute Gasteiger partial charge is 0.455 e. The van der Waals surface area contributed by atoms with Crippen molar-refractivity contribution >= 4 is 49.6 Å². The van der Waals surface area contributed by atoms with Gasteiger partial charge in [0.2, 0.25) is 0 Å². The first kappa shape index (κ1) is 30.8. The van der Waals surface area contributed by atoms with Crippen molar-refractivity contribution in [1.29, 1.82) is 0 Å². The first-order chi connectivity index (χ1) is 26.6. The second-order valence-corrected chi connectivity index (χ2v) is 16.9. The third-order valence-electron chi connectivity index (χ3n) is 14.4. The molecule has 0 N–H and O–H groups in total. The molecule has 0 saturated heterocycles. The molecule has 13 rings (SSSR count). The van der Waals surface area contributed by atoms with Crippen LogP contribution < -0.4 is 0 Å². The number of hydrogen-bond donors (Lipinski definition) is 0. The van der Waals surface area contributed by atoms with Crippen LogP contribution in [0.1, 0.15) is 54.4 Å². The molecule has 8 aromatic rings. The minimum absolute atomic E-state index is 0.0803. The molecule has 1 aromatic heterocycles. The maximum atomic E-state index is 6.67. The Morgan fingerprint density at radius 3 is 2.06 bits per heavy atom. The van der Waals surface area contributed by atoms with E-state index in [-0.39, 0.29) is 5.41 Å².